The lowest BCUT2D eigenvalue weighted by Crippen LogP contribution is -2.43. The van der Waals surface area contributed by atoms with Gasteiger partial charge >= 0.3 is 0 Å². The van der Waals surface area contributed by atoms with Gasteiger partial charge in [0.15, 0.2) is 11.5 Å². The minimum Gasteiger partial charge on any atom is -0.493 e. The summed E-state index contributed by atoms with van der Waals surface area (Å²) in [6.07, 6.45) is 0.992. The van der Waals surface area contributed by atoms with Crippen LogP contribution in [0.2, 0.25) is 0 Å². The monoisotopic (exact) mass is 414 g/mol. The van der Waals surface area contributed by atoms with Gasteiger partial charge in [-0.15, -0.1) is 0 Å². The zero-order valence-electron chi connectivity index (χ0n) is 18.4. The van der Waals surface area contributed by atoms with E-state index in [4.69, 9.17) is 14.2 Å². The third kappa shape index (κ3) is 5.65. The predicted molar refractivity (Wildman–Crippen MR) is 115 cm³/mol. The molecule has 2 aromatic carbocycles. The fourth-order valence-corrected chi connectivity index (χ4v) is 3.08. The number of carbonyl (C=O) groups is 2. The van der Waals surface area contributed by atoms with Gasteiger partial charge in [-0.2, -0.15) is 0 Å². The molecular weight excluding hydrogens is 384 g/mol. The van der Waals surface area contributed by atoms with Crippen molar-refractivity contribution in [2.75, 3.05) is 21.3 Å². The van der Waals surface area contributed by atoms with Crippen molar-refractivity contribution in [1.29, 1.82) is 0 Å². The quantitative estimate of drug-likeness (QED) is 0.646. The Hall–Kier alpha value is -3.22. The average Bonchev–Trinajstić information content (AvgIpc) is 2.75. The molecule has 0 heterocycles. The topological polar surface area (TPSA) is 85.9 Å². The lowest BCUT2D eigenvalue weighted by atomic mass is 9.96. The third-order valence-corrected chi connectivity index (χ3v) is 4.74. The van der Waals surface area contributed by atoms with Crippen molar-refractivity contribution in [3.05, 3.63) is 53.1 Å². The van der Waals surface area contributed by atoms with Crippen molar-refractivity contribution in [3.63, 3.8) is 0 Å². The lowest BCUT2D eigenvalue weighted by molar-refractivity contribution is -0.123. The Balaban J connectivity index is 2.04. The van der Waals surface area contributed by atoms with Gasteiger partial charge in [-0.05, 0) is 42.5 Å². The fraction of sp³-hybridized carbons (Fsp3) is 0.391. The predicted octanol–water partition coefficient (Wildman–Crippen LogP) is 3.48. The highest BCUT2D eigenvalue weighted by Gasteiger charge is 2.19. The first-order valence-corrected chi connectivity index (χ1v) is 9.79. The summed E-state index contributed by atoms with van der Waals surface area (Å²) in [5.41, 5.74) is 7.28. The first-order valence-electron chi connectivity index (χ1n) is 9.79. The van der Waals surface area contributed by atoms with Crippen molar-refractivity contribution < 1.29 is 23.8 Å². The van der Waals surface area contributed by atoms with Crippen LogP contribution in [0.15, 0.2) is 36.4 Å². The van der Waals surface area contributed by atoms with Gasteiger partial charge in [0.2, 0.25) is 11.7 Å². The maximum absolute atomic E-state index is 12.5. The van der Waals surface area contributed by atoms with Gasteiger partial charge in [0.25, 0.3) is 5.91 Å². The van der Waals surface area contributed by atoms with E-state index in [-0.39, 0.29) is 11.5 Å². The van der Waals surface area contributed by atoms with Crippen molar-refractivity contribution in [2.24, 2.45) is 5.92 Å². The van der Waals surface area contributed by atoms with Gasteiger partial charge in [-0.3, -0.25) is 20.4 Å². The number of hydrogen-bond acceptors (Lipinski definition) is 5. The van der Waals surface area contributed by atoms with Gasteiger partial charge in [0.1, 0.15) is 0 Å². The van der Waals surface area contributed by atoms with Crippen LogP contribution < -0.4 is 25.1 Å². The van der Waals surface area contributed by atoms with Gasteiger partial charge in [0.05, 0.1) is 27.2 Å². The van der Waals surface area contributed by atoms with E-state index in [9.17, 15) is 9.59 Å². The highest BCUT2D eigenvalue weighted by molar-refractivity contribution is 5.97. The second-order valence-corrected chi connectivity index (χ2v) is 7.42. The molecule has 0 aliphatic carbocycles. The van der Waals surface area contributed by atoms with Crippen LogP contribution in [-0.4, -0.2) is 33.1 Å². The normalized spacial score (nSPS) is 11.6. The highest BCUT2D eigenvalue weighted by Crippen LogP contribution is 2.38. The van der Waals surface area contributed by atoms with Crippen LogP contribution in [0.3, 0.4) is 0 Å². The van der Waals surface area contributed by atoms with Crippen molar-refractivity contribution in [1.82, 2.24) is 10.9 Å². The summed E-state index contributed by atoms with van der Waals surface area (Å²) in [6.45, 7) is 6.12. The molecule has 0 saturated carbocycles. The third-order valence-electron chi connectivity index (χ3n) is 4.74. The molecule has 0 bridgehead atoms. The largest absolute Gasteiger partial charge is 0.493 e. The molecule has 162 valence electrons. The molecule has 7 heteroatoms. The van der Waals surface area contributed by atoms with Gasteiger partial charge < -0.3 is 14.2 Å². The van der Waals surface area contributed by atoms with Crippen molar-refractivity contribution >= 4 is 11.8 Å². The molecule has 0 saturated heterocycles. The Morgan fingerprint density at radius 1 is 0.867 bits per heavy atom. The molecule has 2 N–H and O–H groups in total. The van der Waals surface area contributed by atoms with E-state index < -0.39 is 11.8 Å². The average molecular weight is 415 g/mol. The Labute approximate surface area is 177 Å². The molecule has 2 rings (SSSR count). The number of carbonyl (C=O) groups excluding carboxylic acids is 2. The molecule has 2 aromatic rings. The van der Waals surface area contributed by atoms with Crippen LogP contribution in [0.5, 0.6) is 17.2 Å². The number of nitrogens with one attached hydrogen (secondary N) is 2. The highest BCUT2D eigenvalue weighted by atomic mass is 16.5. The second kappa shape index (κ2) is 10.5. The molecule has 1 atom stereocenters. The fourth-order valence-electron chi connectivity index (χ4n) is 3.08. The van der Waals surface area contributed by atoms with Crippen LogP contribution in [0.1, 0.15) is 48.2 Å². The molecule has 0 aliphatic heterocycles. The van der Waals surface area contributed by atoms with E-state index >= 15 is 0 Å². The molecule has 7 nitrogen and oxygen atoms in total. The number of rotatable bonds is 8. The summed E-state index contributed by atoms with van der Waals surface area (Å²) in [7, 11) is 4.42. The number of benzene rings is 2. The lowest BCUT2D eigenvalue weighted by Gasteiger charge is -2.16. The van der Waals surface area contributed by atoms with Gasteiger partial charge in [-0.25, -0.2) is 0 Å². The van der Waals surface area contributed by atoms with E-state index in [2.05, 4.69) is 24.7 Å². The molecule has 0 aliphatic rings. The number of hydrogen-bond donors (Lipinski definition) is 2. The van der Waals surface area contributed by atoms with Crippen LogP contribution in [-0.2, 0) is 11.2 Å². The Morgan fingerprint density at radius 2 is 1.43 bits per heavy atom. The zero-order chi connectivity index (χ0) is 22.3. The molecule has 0 spiro atoms. The van der Waals surface area contributed by atoms with Gasteiger partial charge in [0, 0.05) is 5.56 Å². The molecule has 1 unspecified atom stereocenters. The Kier molecular flexibility index (Phi) is 8.09. The van der Waals surface area contributed by atoms with Crippen LogP contribution >= 0.6 is 0 Å². The SMILES string of the molecule is COc1cc(C(=O)NNC(=O)C(C)c2ccc(CC(C)C)cc2)cc(OC)c1OC. The van der Waals surface area contributed by atoms with E-state index in [1.165, 1.54) is 39.0 Å². The first kappa shape index (κ1) is 23.1. The first-order chi connectivity index (χ1) is 14.3. The number of amides is 2. The Bertz CT molecular complexity index is 853. The number of ether oxygens (including phenoxy) is 3. The maximum Gasteiger partial charge on any atom is 0.269 e. The van der Waals surface area contributed by atoms with Crippen molar-refractivity contribution in [3.8, 4) is 17.2 Å². The molecule has 30 heavy (non-hydrogen) atoms. The standard InChI is InChI=1S/C23H30N2O5/c1-14(2)11-16-7-9-17(10-8-16)15(3)22(26)24-25-23(27)18-12-19(28-4)21(30-6)20(13-18)29-5/h7-10,12-15H,11H2,1-6H3,(H,24,26)(H,25,27). The van der Waals surface area contributed by atoms with E-state index in [0.29, 0.717) is 23.2 Å². The summed E-state index contributed by atoms with van der Waals surface area (Å²) in [5, 5.41) is 0. The molecule has 0 aromatic heterocycles. The Morgan fingerprint density at radius 3 is 1.90 bits per heavy atom. The summed E-state index contributed by atoms with van der Waals surface area (Å²) in [6, 6.07) is 11.0. The van der Waals surface area contributed by atoms with Crippen molar-refractivity contribution in [2.45, 2.75) is 33.1 Å². The van der Waals surface area contributed by atoms with E-state index in [1.54, 1.807) is 6.92 Å². The summed E-state index contributed by atoms with van der Waals surface area (Å²) in [4.78, 5) is 25.0. The molecule has 0 radical (unpaired) electrons. The van der Waals surface area contributed by atoms with Gasteiger partial charge in [-0.1, -0.05) is 38.1 Å². The second-order valence-electron chi connectivity index (χ2n) is 7.42. The minimum absolute atomic E-state index is 0.260. The van der Waals surface area contributed by atoms with Crippen LogP contribution in [0.4, 0.5) is 0 Å². The molecule has 2 amide bonds. The number of methoxy groups -OCH3 is 3. The smallest absolute Gasteiger partial charge is 0.269 e. The minimum atomic E-state index is -0.498. The zero-order valence-corrected chi connectivity index (χ0v) is 18.4. The molecule has 0 fully saturated rings. The van der Waals surface area contributed by atoms with Crippen LogP contribution in [0.25, 0.3) is 0 Å². The van der Waals surface area contributed by atoms with E-state index in [0.717, 1.165) is 12.0 Å². The van der Waals surface area contributed by atoms with E-state index in [1.807, 2.05) is 24.3 Å². The maximum atomic E-state index is 12.5. The number of hydrazine groups is 1. The van der Waals surface area contributed by atoms with Crippen LogP contribution in [0, 0.1) is 5.92 Å². The molecular formula is C23H30N2O5. The summed E-state index contributed by atoms with van der Waals surface area (Å²) < 4.78 is 15.8. The summed E-state index contributed by atoms with van der Waals surface area (Å²) in [5.74, 6) is 0.427. The summed E-state index contributed by atoms with van der Waals surface area (Å²) >= 11 is 0.